The van der Waals surface area contributed by atoms with Gasteiger partial charge < -0.3 is 15.6 Å². The molecule has 0 aliphatic carbocycles. The third-order valence-electron chi connectivity index (χ3n) is 5.05. The Kier molecular flexibility index (Phi) is 6.06. The van der Waals surface area contributed by atoms with Gasteiger partial charge in [-0.25, -0.2) is 9.78 Å². The zero-order chi connectivity index (χ0) is 24.6. The van der Waals surface area contributed by atoms with E-state index in [1.54, 1.807) is 28.8 Å². The van der Waals surface area contributed by atoms with Crippen molar-refractivity contribution in [2.45, 2.75) is 18.6 Å². The zero-order valence-corrected chi connectivity index (χ0v) is 19.4. The largest absolute Gasteiger partial charge is 0.364 e. The van der Waals surface area contributed by atoms with Crippen LogP contribution in [0.15, 0.2) is 45.1 Å². The maximum Gasteiger partial charge on any atom is 0.332 e. The fourth-order valence-corrected chi connectivity index (χ4v) is 4.22. The number of fused-ring (bicyclic) bond motifs is 1. The monoisotopic (exact) mass is 483 g/mol. The van der Waals surface area contributed by atoms with Gasteiger partial charge in [0.15, 0.2) is 27.8 Å². The molecule has 3 aromatic heterocycles. The number of nitrogens with two attached hydrogens (primary N) is 1. The van der Waals surface area contributed by atoms with E-state index in [1.807, 2.05) is 13.0 Å². The van der Waals surface area contributed by atoms with Crippen LogP contribution in [0.2, 0.25) is 0 Å². The van der Waals surface area contributed by atoms with Crippen LogP contribution in [0.25, 0.3) is 16.9 Å². The molecule has 0 aliphatic rings. The highest BCUT2D eigenvalue weighted by Gasteiger charge is 2.21. The molecule has 0 aliphatic heterocycles. The molecular formula is C20H21N9O4S. The molecular weight excluding hydrogens is 462 g/mol. The van der Waals surface area contributed by atoms with Crippen molar-refractivity contribution in [1.82, 2.24) is 33.7 Å². The Balaban J connectivity index is 1.59. The van der Waals surface area contributed by atoms with Gasteiger partial charge in [-0.15, -0.1) is 15.0 Å². The van der Waals surface area contributed by atoms with E-state index in [2.05, 4.69) is 20.5 Å². The number of aryl methyl sites for hydroxylation is 2. The van der Waals surface area contributed by atoms with Gasteiger partial charge in [0.05, 0.1) is 11.4 Å². The molecule has 0 saturated heterocycles. The lowest BCUT2D eigenvalue weighted by Crippen LogP contribution is -2.37. The number of imidazole rings is 1. The molecule has 176 valence electrons. The molecule has 4 aromatic rings. The quantitative estimate of drug-likeness (QED) is 0.343. The smallest absolute Gasteiger partial charge is 0.332 e. The van der Waals surface area contributed by atoms with E-state index in [9.17, 15) is 19.2 Å². The molecule has 0 unspecified atom stereocenters. The molecule has 1 aromatic carbocycles. The lowest BCUT2D eigenvalue weighted by atomic mass is 10.3. The summed E-state index contributed by atoms with van der Waals surface area (Å²) in [7, 11) is 2.93. The molecule has 0 atom stereocenters. The van der Waals surface area contributed by atoms with Gasteiger partial charge in [-0.1, -0.05) is 30.0 Å². The lowest BCUT2D eigenvalue weighted by Gasteiger charge is -2.06. The highest BCUT2D eigenvalue weighted by atomic mass is 32.2. The fourth-order valence-electron chi connectivity index (χ4n) is 3.36. The standard InChI is InChI=1S/C20H21N9O4S/c1-4-28-14-17(26(2)20(33)27(3)18(14)32)23-19(28)34-10-12(30)22-16-13(15(21)31)24-29(25-16)11-8-6-5-7-9-11/h5-9H,4,10H2,1-3H3,(H2,21,31)(H,22,25,30). The number of primary amides is 1. The fraction of sp³-hybridized carbons (Fsp3) is 0.250. The molecule has 3 N–H and O–H groups in total. The molecule has 0 fully saturated rings. The van der Waals surface area contributed by atoms with Crippen molar-refractivity contribution in [1.29, 1.82) is 0 Å². The molecule has 13 nitrogen and oxygen atoms in total. The summed E-state index contributed by atoms with van der Waals surface area (Å²) >= 11 is 1.08. The van der Waals surface area contributed by atoms with Gasteiger partial charge in [-0.05, 0) is 19.1 Å². The minimum Gasteiger partial charge on any atom is -0.364 e. The molecule has 0 radical (unpaired) electrons. The van der Waals surface area contributed by atoms with Crippen LogP contribution in [-0.2, 0) is 25.4 Å². The number of benzene rings is 1. The van der Waals surface area contributed by atoms with Crippen molar-refractivity contribution in [2.24, 2.45) is 19.8 Å². The van der Waals surface area contributed by atoms with Gasteiger partial charge in [-0.3, -0.25) is 23.5 Å². The minimum absolute atomic E-state index is 0.0674. The maximum absolute atomic E-state index is 12.6. The van der Waals surface area contributed by atoms with E-state index in [-0.39, 0.29) is 28.4 Å². The highest BCUT2D eigenvalue weighted by molar-refractivity contribution is 7.99. The van der Waals surface area contributed by atoms with Crippen LogP contribution in [0.5, 0.6) is 0 Å². The second-order valence-electron chi connectivity index (χ2n) is 7.24. The van der Waals surface area contributed by atoms with Crippen LogP contribution in [0.1, 0.15) is 17.4 Å². The Morgan fingerprint density at radius 3 is 2.44 bits per heavy atom. The summed E-state index contributed by atoms with van der Waals surface area (Å²) in [6, 6.07) is 8.85. The van der Waals surface area contributed by atoms with Crippen LogP contribution in [0, 0.1) is 0 Å². The highest BCUT2D eigenvalue weighted by Crippen LogP contribution is 2.22. The topological polar surface area (TPSA) is 165 Å². The maximum atomic E-state index is 12.6. The molecule has 34 heavy (non-hydrogen) atoms. The Labute approximate surface area is 196 Å². The number of nitrogens with one attached hydrogen (secondary N) is 1. The van der Waals surface area contributed by atoms with E-state index in [1.165, 1.54) is 23.5 Å². The lowest BCUT2D eigenvalue weighted by molar-refractivity contribution is -0.113. The first kappa shape index (κ1) is 23.0. The molecule has 0 spiro atoms. The number of anilines is 1. The molecule has 2 amide bonds. The van der Waals surface area contributed by atoms with E-state index >= 15 is 0 Å². The summed E-state index contributed by atoms with van der Waals surface area (Å²) in [5.41, 5.74) is 5.36. The average molecular weight is 484 g/mol. The van der Waals surface area contributed by atoms with Crippen LogP contribution in [0.3, 0.4) is 0 Å². The van der Waals surface area contributed by atoms with E-state index < -0.39 is 23.1 Å². The average Bonchev–Trinajstić information content (AvgIpc) is 3.42. The Bertz CT molecular complexity index is 1530. The van der Waals surface area contributed by atoms with Crippen LogP contribution in [-0.4, -0.2) is 51.2 Å². The van der Waals surface area contributed by atoms with E-state index in [0.717, 1.165) is 16.3 Å². The second-order valence-corrected chi connectivity index (χ2v) is 8.18. The van der Waals surface area contributed by atoms with Crippen LogP contribution >= 0.6 is 11.8 Å². The normalized spacial score (nSPS) is 11.1. The van der Waals surface area contributed by atoms with Crippen molar-refractivity contribution in [2.75, 3.05) is 11.1 Å². The summed E-state index contributed by atoms with van der Waals surface area (Å²) in [4.78, 5) is 54.9. The predicted molar refractivity (Wildman–Crippen MR) is 125 cm³/mol. The number of carbonyl (C=O) groups excluding carboxylic acids is 2. The van der Waals surface area contributed by atoms with Crippen molar-refractivity contribution in [3.63, 3.8) is 0 Å². The SMILES string of the molecule is CCn1c(SCC(=O)Nc2nn(-c3ccccc3)nc2C(N)=O)nc2c1c(=O)n(C)c(=O)n2C. The third-order valence-corrected chi connectivity index (χ3v) is 6.03. The van der Waals surface area contributed by atoms with Gasteiger partial charge >= 0.3 is 5.69 Å². The van der Waals surface area contributed by atoms with Gasteiger partial charge in [-0.2, -0.15) is 0 Å². The van der Waals surface area contributed by atoms with Crippen molar-refractivity contribution < 1.29 is 9.59 Å². The molecule has 3 heterocycles. The number of nitrogens with zero attached hydrogens (tertiary/aromatic N) is 7. The van der Waals surface area contributed by atoms with Crippen molar-refractivity contribution >= 4 is 40.6 Å². The van der Waals surface area contributed by atoms with Crippen molar-refractivity contribution in [3.05, 3.63) is 56.9 Å². The summed E-state index contributed by atoms with van der Waals surface area (Å²) in [6.45, 7) is 2.24. The third kappa shape index (κ3) is 3.98. The van der Waals surface area contributed by atoms with Gasteiger partial charge in [0.2, 0.25) is 5.91 Å². The first-order chi connectivity index (χ1) is 16.2. The van der Waals surface area contributed by atoms with E-state index in [0.29, 0.717) is 17.4 Å². The zero-order valence-electron chi connectivity index (χ0n) is 18.6. The molecule has 0 saturated carbocycles. The first-order valence-corrected chi connectivity index (χ1v) is 11.1. The number of hydrogen-bond acceptors (Lipinski definition) is 8. The molecule has 0 bridgehead atoms. The molecule has 4 rings (SSSR count). The Morgan fingerprint density at radius 1 is 1.09 bits per heavy atom. The Morgan fingerprint density at radius 2 is 1.79 bits per heavy atom. The van der Waals surface area contributed by atoms with E-state index in [4.69, 9.17) is 5.73 Å². The van der Waals surface area contributed by atoms with Crippen LogP contribution < -0.4 is 22.3 Å². The predicted octanol–water partition coefficient (Wildman–Crippen LogP) is -0.136. The number of carbonyl (C=O) groups is 2. The summed E-state index contributed by atoms with van der Waals surface area (Å²) in [6.07, 6.45) is 0. The van der Waals surface area contributed by atoms with Gasteiger partial charge in [0, 0.05) is 20.6 Å². The number of para-hydroxylation sites is 1. The number of rotatable bonds is 7. The second kappa shape index (κ2) is 8.97. The number of hydrogen-bond donors (Lipinski definition) is 2. The first-order valence-electron chi connectivity index (χ1n) is 10.1. The number of thioether (sulfide) groups is 1. The Hall–Kier alpha value is -4.20. The van der Waals surface area contributed by atoms with Crippen molar-refractivity contribution in [3.8, 4) is 5.69 Å². The summed E-state index contributed by atoms with van der Waals surface area (Å²) < 4.78 is 3.95. The number of aromatic nitrogens is 7. The minimum atomic E-state index is -0.838. The van der Waals surface area contributed by atoms with Crippen LogP contribution in [0.4, 0.5) is 5.82 Å². The summed E-state index contributed by atoms with van der Waals surface area (Å²) in [5, 5.41) is 11.2. The van der Waals surface area contributed by atoms with Gasteiger partial charge in [0.25, 0.3) is 11.5 Å². The summed E-state index contributed by atoms with van der Waals surface area (Å²) in [5.74, 6) is -1.49. The van der Waals surface area contributed by atoms with Gasteiger partial charge in [0.1, 0.15) is 0 Å². The number of amides is 2. The molecule has 14 heteroatoms.